The fourth-order valence-electron chi connectivity index (χ4n) is 2.96. The van der Waals surface area contributed by atoms with Gasteiger partial charge in [-0.1, -0.05) is 37.3 Å². The summed E-state index contributed by atoms with van der Waals surface area (Å²) in [7, 11) is -3.70. The third-order valence-corrected chi connectivity index (χ3v) is 6.28. The minimum Gasteiger partial charge on any atom is -0.251 e. The van der Waals surface area contributed by atoms with Crippen LogP contribution in [-0.4, -0.2) is 33.9 Å². The highest BCUT2D eigenvalue weighted by Gasteiger charge is 2.33. The number of pyridine rings is 2. The van der Waals surface area contributed by atoms with Gasteiger partial charge in [0.25, 0.3) is 0 Å². The molecule has 0 atom stereocenters. The van der Waals surface area contributed by atoms with Crippen LogP contribution in [0, 0.1) is 0 Å². The maximum atomic E-state index is 12.9. The Morgan fingerprint density at radius 3 is 2.40 bits per heavy atom. The van der Waals surface area contributed by atoms with Crippen LogP contribution < -0.4 is 0 Å². The zero-order valence-electron chi connectivity index (χ0n) is 15.6. The Bertz CT molecular complexity index is 1330. The van der Waals surface area contributed by atoms with Crippen LogP contribution in [0.1, 0.15) is 12.6 Å². The van der Waals surface area contributed by atoms with E-state index in [1.54, 1.807) is 0 Å². The fourth-order valence-corrected chi connectivity index (χ4v) is 4.01. The van der Waals surface area contributed by atoms with Crippen LogP contribution in [0.4, 0.5) is 13.2 Å². The zero-order valence-corrected chi connectivity index (χ0v) is 16.4. The Morgan fingerprint density at radius 1 is 1.00 bits per heavy atom. The molecular formula is C20H15F3N4O2S. The van der Waals surface area contributed by atoms with Crippen molar-refractivity contribution in [3.8, 4) is 16.9 Å². The van der Waals surface area contributed by atoms with Crippen LogP contribution in [0.3, 0.4) is 0 Å². The van der Waals surface area contributed by atoms with Crippen LogP contribution >= 0.6 is 0 Å². The number of benzene rings is 1. The Morgan fingerprint density at radius 2 is 1.73 bits per heavy atom. The normalized spacial score (nSPS) is 12.4. The van der Waals surface area contributed by atoms with Crippen LogP contribution in [-0.2, 0) is 16.0 Å². The molecule has 0 amide bonds. The Kier molecular flexibility index (Phi) is 4.81. The lowest BCUT2D eigenvalue weighted by molar-refractivity contribution is -0.141. The minimum atomic E-state index is -4.61. The first-order valence-corrected chi connectivity index (χ1v) is 10.6. The van der Waals surface area contributed by atoms with E-state index >= 15 is 0 Å². The van der Waals surface area contributed by atoms with Crippen LogP contribution in [0.25, 0.3) is 27.8 Å². The second-order valence-electron chi connectivity index (χ2n) is 6.51. The Hall–Kier alpha value is -3.27. The molecule has 4 aromatic rings. The molecule has 0 radical (unpaired) electrons. The summed E-state index contributed by atoms with van der Waals surface area (Å²) in [5, 5.41) is 4.45. The van der Waals surface area contributed by atoms with E-state index in [1.165, 1.54) is 30.1 Å². The van der Waals surface area contributed by atoms with Crippen molar-refractivity contribution >= 4 is 20.7 Å². The number of rotatable bonds is 4. The van der Waals surface area contributed by atoms with Crippen LogP contribution in [0.5, 0.6) is 0 Å². The molecule has 0 fully saturated rings. The van der Waals surface area contributed by atoms with Gasteiger partial charge in [0, 0.05) is 29.5 Å². The summed E-state index contributed by atoms with van der Waals surface area (Å²) in [4.78, 5) is 7.64. The Labute approximate surface area is 169 Å². The molecule has 0 aliphatic carbocycles. The number of hydrogen-bond donors (Lipinski definition) is 0. The quantitative estimate of drug-likeness (QED) is 0.481. The lowest BCUT2D eigenvalue weighted by Crippen LogP contribution is -2.11. The largest absolute Gasteiger partial charge is 0.433 e. The van der Waals surface area contributed by atoms with Crippen LogP contribution in [0.15, 0.2) is 66.0 Å². The van der Waals surface area contributed by atoms with E-state index in [9.17, 15) is 21.6 Å². The SMILES string of the molecule is CCS(=O)(=O)c1cc(-c2ccccc2)cnc1-n1cc2cnc(C(F)(F)F)cc2n1. The summed E-state index contributed by atoms with van der Waals surface area (Å²) in [6.07, 6.45) is -0.648. The van der Waals surface area contributed by atoms with E-state index in [1.807, 2.05) is 30.3 Å². The molecule has 1 aromatic carbocycles. The maximum absolute atomic E-state index is 12.9. The zero-order chi connectivity index (χ0) is 21.5. The van der Waals surface area contributed by atoms with Gasteiger partial charge in [0.05, 0.1) is 11.3 Å². The van der Waals surface area contributed by atoms with Crippen molar-refractivity contribution in [1.82, 2.24) is 19.7 Å². The number of nitrogens with zero attached hydrogens (tertiary/aromatic N) is 4. The smallest absolute Gasteiger partial charge is 0.251 e. The van der Waals surface area contributed by atoms with Crippen molar-refractivity contribution in [1.29, 1.82) is 0 Å². The van der Waals surface area contributed by atoms with E-state index in [-0.39, 0.29) is 22.0 Å². The van der Waals surface area contributed by atoms with Crippen molar-refractivity contribution in [2.75, 3.05) is 5.75 Å². The molecule has 0 aliphatic rings. The molecule has 3 heterocycles. The van der Waals surface area contributed by atoms with Gasteiger partial charge >= 0.3 is 6.18 Å². The number of halogens is 3. The van der Waals surface area contributed by atoms with Crippen molar-refractivity contribution in [2.24, 2.45) is 0 Å². The number of hydrogen-bond acceptors (Lipinski definition) is 5. The molecule has 0 saturated heterocycles. The van der Waals surface area contributed by atoms with Gasteiger partial charge in [-0.15, -0.1) is 0 Å². The Balaban J connectivity index is 1.90. The first-order valence-electron chi connectivity index (χ1n) is 8.90. The second-order valence-corrected chi connectivity index (χ2v) is 8.76. The van der Waals surface area contributed by atoms with Crippen molar-refractivity contribution in [2.45, 2.75) is 18.0 Å². The van der Waals surface area contributed by atoms with Gasteiger partial charge in [-0.05, 0) is 17.7 Å². The van der Waals surface area contributed by atoms with Gasteiger partial charge < -0.3 is 0 Å². The van der Waals surface area contributed by atoms with Gasteiger partial charge in [0.2, 0.25) is 0 Å². The third-order valence-electron chi connectivity index (χ3n) is 4.55. The molecule has 0 saturated carbocycles. The lowest BCUT2D eigenvalue weighted by Gasteiger charge is -2.11. The van der Waals surface area contributed by atoms with Gasteiger partial charge in [0.15, 0.2) is 15.7 Å². The van der Waals surface area contributed by atoms with Gasteiger partial charge in [-0.2, -0.15) is 18.3 Å². The molecule has 30 heavy (non-hydrogen) atoms. The number of fused-ring (bicyclic) bond motifs is 1. The molecule has 0 spiro atoms. The highest BCUT2D eigenvalue weighted by Crippen LogP contribution is 2.30. The maximum Gasteiger partial charge on any atom is 0.433 e. The summed E-state index contributed by atoms with van der Waals surface area (Å²) in [5.41, 5.74) is 0.345. The summed E-state index contributed by atoms with van der Waals surface area (Å²) in [6, 6.07) is 11.5. The number of alkyl halides is 3. The summed E-state index contributed by atoms with van der Waals surface area (Å²) in [5.74, 6) is -0.151. The van der Waals surface area contributed by atoms with E-state index < -0.39 is 21.7 Å². The van der Waals surface area contributed by atoms with Crippen LogP contribution in [0.2, 0.25) is 0 Å². The summed E-state index contributed by atoms with van der Waals surface area (Å²) < 4.78 is 65.4. The molecule has 10 heteroatoms. The molecule has 0 N–H and O–H groups in total. The van der Waals surface area contributed by atoms with E-state index in [0.29, 0.717) is 10.9 Å². The van der Waals surface area contributed by atoms with Crippen molar-refractivity contribution in [3.05, 3.63) is 66.7 Å². The molecule has 3 aromatic heterocycles. The monoisotopic (exact) mass is 432 g/mol. The van der Waals surface area contributed by atoms with Gasteiger partial charge in [-0.25, -0.2) is 18.1 Å². The van der Waals surface area contributed by atoms with E-state index in [4.69, 9.17) is 0 Å². The highest BCUT2D eigenvalue weighted by molar-refractivity contribution is 7.91. The predicted octanol–water partition coefficient (Wildman–Crippen LogP) is 4.29. The first-order chi connectivity index (χ1) is 14.2. The van der Waals surface area contributed by atoms with Crippen molar-refractivity contribution in [3.63, 3.8) is 0 Å². The minimum absolute atomic E-state index is 0.0151. The topological polar surface area (TPSA) is 77.7 Å². The lowest BCUT2D eigenvalue weighted by atomic mass is 10.1. The van der Waals surface area contributed by atoms with Crippen molar-refractivity contribution < 1.29 is 21.6 Å². The second kappa shape index (κ2) is 7.21. The third kappa shape index (κ3) is 3.65. The predicted molar refractivity (Wildman–Crippen MR) is 105 cm³/mol. The molecule has 154 valence electrons. The van der Waals surface area contributed by atoms with Gasteiger partial charge in [-0.3, -0.25) is 4.98 Å². The summed E-state index contributed by atoms with van der Waals surface area (Å²) in [6.45, 7) is 1.51. The van der Waals surface area contributed by atoms with E-state index in [2.05, 4.69) is 15.1 Å². The number of aromatic nitrogens is 4. The average Bonchev–Trinajstić information content (AvgIpc) is 3.16. The summed E-state index contributed by atoms with van der Waals surface area (Å²) >= 11 is 0. The standard InChI is InChI=1S/C20H15F3N4O2S/c1-2-30(28,29)17-8-14(13-6-4-3-5-7-13)10-25-19(17)27-12-15-11-24-18(20(21,22)23)9-16(15)26-27/h3-12H,2H2,1H3. The fraction of sp³-hybridized carbons (Fsp3) is 0.150. The molecule has 0 aliphatic heterocycles. The molecule has 0 unspecified atom stereocenters. The molecule has 6 nitrogen and oxygen atoms in total. The van der Waals surface area contributed by atoms with Gasteiger partial charge in [0.1, 0.15) is 10.6 Å². The average molecular weight is 432 g/mol. The molecular weight excluding hydrogens is 417 g/mol. The molecule has 0 bridgehead atoms. The first kappa shape index (κ1) is 20.0. The van der Waals surface area contributed by atoms with E-state index in [0.717, 1.165) is 17.8 Å². The number of sulfone groups is 1. The highest BCUT2D eigenvalue weighted by atomic mass is 32.2. The molecule has 4 rings (SSSR count).